The maximum Gasteiger partial charge on any atom is 0.290 e. The summed E-state index contributed by atoms with van der Waals surface area (Å²) in [7, 11) is -1.96. The number of rotatable bonds is 4. The van der Waals surface area contributed by atoms with Crippen molar-refractivity contribution >= 4 is 25.0 Å². The van der Waals surface area contributed by atoms with Crippen LogP contribution in [0.3, 0.4) is 0 Å². The fourth-order valence-electron chi connectivity index (χ4n) is 4.06. The molecule has 0 aliphatic heterocycles. The number of amides is 1. The van der Waals surface area contributed by atoms with E-state index < -0.39 is 14.0 Å². The summed E-state index contributed by atoms with van der Waals surface area (Å²) in [6.07, 6.45) is 2.89. The topological polar surface area (TPSA) is 85.8 Å². The number of nitrogens with two attached hydrogens (primary N) is 1. The van der Waals surface area contributed by atoms with E-state index in [0.29, 0.717) is 38.0 Å². The summed E-state index contributed by atoms with van der Waals surface area (Å²) in [4.78, 5) is 14.8. The fourth-order valence-corrected chi connectivity index (χ4v) is 9.27. The molecule has 5 nitrogen and oxygen atoms in total. The molecule has 0 aliphatic rings. The molecule has 0 unspecified atom stereocenters. The first-order valence-electron chi connectivity index (χ1n) is 8.69. The number of carbonyl (C=O) groups is 1. The SMILES string of the molecule is CC(C)[Si](C#Cc1c(C(N)=O)c[n+]([O-])c2[nH]ccc12)(C(C)C)C(C)C. The van der Waals surface area contributed by atoms with Crippen LogP contribution in [0.1, 0.15) is 57.5 Å². The van der Waals surface area contributed by atoms with E-state index in [1.165, 1.54) is 6.20 Å². The lowest BCUT2D eigenvalue weighted by Crippen LogP contribution is -2.43. The molecule has 134 valence electrons. The molecule has 0 atom stereocenters. The van der Waals surface area contributed by atoms with Crippen molar-refractivity contribution in [2.45, 2.75) is 58.2 Å². The molecule has 6 heteroatoms. The van der Waals surface area contributed by atoms with E-state index >= 15 is 0 Å². The van der Waals surface area contributed by atoms with Crippen LogP contribution in [0.2, 0.25) is 16.6 Å². The van der Waals surface area contributed by atoms with E-state index in [2.05, 4.69) is 58.0 Å². The first-order valence-corrected chi connectivity index (χ1v) is 10.9. The molecular formula is C19H27N3O2Si. The summed E-state index contributed by atoms with van der Waals surface area (Å²) in [5.74, 6) is 2.64. The predicted octanol–water partition coefficient (Wildman–Crippen LogP) is 3.47. The molecule has 2 rings (SSSR count). The van der Waals surface area contributed by atoms with Gasteiger partial charge in [-0.3, -0.25) is 4.79 Å². The van der Waals surface area contributed by atoms with Crippen LogP contribution in [0.5, 0.6) is 0 Å². The van der Waals surface area contributed by atoms with Gasteiger partial charge in [0.1, 0.15) is 14.3 Å². The van der Waals surface area contributed by atoms with Crippen molar-refractivity contribution < 1.29 is 9.52 Å². The monoisotopic (exact) mass is 357 g/mol. The van der Waals surface area contributed by atoms with Gasteiger partial charge in [-0.25, -0.2) is 9.71 Å². The molecule has 3 N–H and O–H groups in total. The minimum absolute atomic E-state index is 0.175. The molecule has 1 amide bonds. The average molecular weight is 358 g/mol. The molecule has 2 aromatic heterocycles. The molecule has 2 aromatic rings. The summed E-state index contributed by atoms with van der Waals surface area (Å²) in [6, 6.07) is 1.77. The van der Waals surface area contributed by atoms with E-state index in [-0.39, 0.29) is 5.56 Å². The highest BCUT2D eigenvalue weighted by atomic mass is 28.3. The number of hydrogen-bond acceptors (Lipinski definition) is 2. The summed E-state index contributed by atoms with van der Waals surface area (Å²) in [6.45, 7) is 13.4. The van der Waals surface area contributed by atoms with Gasteiger partial charge in [-0.2, -0.15) is 0 Å². The lowest BCUT2D eigenvalue weighted by molar-refractivity contribution is -0.579. The smallest absolute Gasteiger partial charge is 0.290 e. The molecule has 0 fully saturated rings. The highest BCUT2D eigenvalue weighted by Crippen LogP contribution is 2.40. The number of primary amides is 1. The third kappa shape index (κ3) is 3.16. The minimum atomic E-state index is -1.96. The molecule has 0 aromatic carbocycles. The molecular weight excluding hydrogens is 330 g/mol. The van der Waals surface area contributed by atoms with Crippen molar-refractivity contribution in [3.8, 4) is 11.5 Å². The molecule has 0 saturated heterocycles. The number of nitrogens with zero attached hydrogens (tertiary/aromatic N) is 1. The van der Waals surface area contributed by atoms with Gasteiger partial charge < -0.3 is 10.9 Å². The zero-order chi connectivity index (χ0) is 18.9. The lowest BCUT2D eigenvalue weighted by atomic mass is 10.1. The van der Waals surface area contributed by atoms with Crippen molar-refractivity contribution in [2.24, 2.45) is 5.73 Å². The van der Waals surface area contributed by atoms with Crippen LogP contribution < -0.4 is 10.5 Å². The van der Waals surface area contributed by atoms with Gasteiger partial charge in [0.25, 0.3) is 11.6 Å². The number of aromatic amines is 1. The van der Waals surface area contributed by atoms with E-state index in [1.54, 1.807) is 12.3 Å². The highest BCUT2D eigenvalue weighted by molar-refractivity contribution is 6.90. The van der Waals surface area contributed by atoms with Crippen LogP contribution in [0.4, 0.5) is 0 Å². The molecule has 0 aliphatic carbocycles. The Kier molecular flexibility index (Phi) is 5.28. The number of nitrogens with one attached hydrogen (secondary N) is 1. The van der Waals surface area contributed by atoms with Gasteiger partial charge in [0.2, 0.25) is 0 Å². The van der Waals surface area contributed by atoms with Crippen LogP contribution in [0, 0.1) is 16.7 Å². The minimum Gasteiger partial charge on any atom is -0.711 e. The number of H-pyrrole nitrogens is 1. The maximum absolute atomic E-state index is 12.1. The van der Waals surface area contributed by atoms with Crippen LogP contribution in [0.25, 0.3) is 11.0 Å². The van der Waals surface area contributed by atoms with Gasteiger partial charge in [-0.1, -0.05) is 47.5 Å². The molecule has 0 radical (unpaired) electrons. The fraction of sp³-hybridized carbons (Fsp3) is 0.474. The van der Waals surface area contributed by atoms with Gasteiger partial charge in [-0.15, -0.1) is 5.54 Å². The van der Waals surface area contributed by atoms with Gasteiger partial charge >= 0.3 is 0 Å². The van der Waals surface area contributed by atoms with E-state index in [1.807, 2.05) is 0 Å². The number of hydrogen-bond donors (Lipinski definition) is 2. The van der Waals surface area contributed by atoms with Gasteiger partial charge in [0.15, 0.2) is 0 Å². The largest absolute Gasteiger partial charge is 0.711 e. The van der Waals surface area contributed by atoms with Crippen LogP contribution in [-0.2, 0) is 0 Å². The van der Waals surface area contributed by atoms with Crippen molar-refractivity contribution in [2.75, 3.05) is 0 Å². The van der Waals surface area contributed by atoms with Crippen LogP contribution >= 0.6 is 0 Å². The predicted molar refractivity (Wildman–Crippen MR) is 104 cm³/mol. The van der Waals surface area contributed by atoms with Gasteiger partial charge in [0, 0.05) is 0 Å². The Morgan fingerprint density at radius 2 is 1.76 bits per heavy atom. The average Bonchev–Trinajstić information content (AvgIpc) is 2.98. The van der Waals surface area contributed by atoms with Crippen molar-refractivity contribution in [1.82, 2.24) is 4.98 Å². The van der Waals surface area contributed by atoms with E-state index in [4.69, 9.17) is 5.73 Å². The number of fused-ring (bicyclic) bond motifs is 1. The highest BCUT2D eigenvalue weighted by Gasteiger charge is 2.41. The Labute approximate surface area is 150 Å². The molecule has 25 heavy (non-hydrogen) atoms. The number of carbonyl (C=O) groups excluding carboxylic acids is 1. The summed E-state index contributed by atoms with van der Waals surface area (Å²) < 4.78 is 0.638. The Balaban J connectivity index is 2.78. The van der Waals surface area contributed by atoms with E-state index in [0.717, 1.165) is 0 Å². The zero-order valence-electron chi connectivity index (χ0n) is 15.8. The maximum atomic E-state index is 12.1. The Hall–Kier alpha value is -2.26. The zero-order valence-corrected chi connectivity index (χ0v) is 16.8. The van der Waals surface area contributed by atoms with Crippen molar-refractivity contribution in [3.05, 3.63) is 34.8 Å². The van der Waals surface area contributed by atoms with Gasteiger partial charge in [-0.05, 0) is 22.7 Å². The third-order valence-electron chi connectivity index (χ3n) is 5.27. The van der Waals surface area contributed by atoms with Crippen LogP contribution in [-0.4, -0.2) is 19.0 Å². The quantitative estimate of drug-likeness (QED) is 0.380. The normalized spacial score (nSPS) is 12.0. The Morgan fingerprint density at radius 3 is 2.24 bits per heavy atom. The van der Waals surface area contributed by atoms with Crippen molar-refractivity contribution in [1.29, 1.82) is 0 Å². The lowest BCUT2D eigenvalue weighted by Gasteiger charge is -2.38. The number of pyridine rings is 1. The third-order valence-corrected chi connectivity index (χ3v) is 11.6. The molecule has 0 bridgehead atoms. The molecule has 2 heterocycles. The Bertz CT molecular complexity index is 835. The summed E-state index contributed by atoms with van der Waals surface area (Å²) >= 11 is 0. The van der Waals surface area contributed by atoms with E-state index in [9.17, 15) is 10.0 Å². The second-order valence-corrected chi connectivity index (χ2v) is 13.1. The molecule has 0 spiro atoms. The van der Waals surface area contributed by atoms with Crippen molar-refractivity contribution in [3.63, 3.8) is 0 Å². The molecule has 0 saturated carbocycles. The number of aromatic nitrogens is 2. The first kappa shape index (κ1) is 19.1. The van der Waals surface area contributed by atoms with Crippen LogP contribution in [0.15, 0.2) is 18.5 Å². The first-order chi connectivity index (χ1) is 11.6. The Morgan fingerprint density at radius 1 is 1.20 bits per heavy atom. The summed E-state index contributed by atoms with van der Waals surface area (Å²) in [5.41, 5.74) is 11.7. The second-order valence-electron chi connectivity index (χ2n) is 7.49. The van der Waals surface area contributed by atoms with Gasteiger partial charge in [0.05, 0.1) is 22.7 Å². The second kappa shape index (κ2) is 6.93. The standard InChI is InChI=1S/C19H27N3O2Si/c1-12(2)25(13(3)4,14(5)6)10-8-15-16-7-9-21-19(16)22(24)11-17(15)18(20)23/h7,9,11-14,21H,1-6H3,(H2,20,23). The summed E-state index contributed by atoms with van der Waals surface area (Å²) in [5, 5.41) is 12.7.